The quantitative estimate of drug-likeness (QED) is 0.730. The SMILES string of the molecule is CC(C)(C)OC(=O)N1CC(O)c2cc(O)ccc2C1C(=O)O. The Bertz CT molecular complexity index is 607. The molecule has 0 spiro atoms. The second-order valence-electron chi connectivity index (χ2n) is 6.20. The van der Waals surface area contributed by atoms with Crippen molar-refractivity contribution in [1.29, 1.82) is 0 Å². The first-order valence-corrected chi connectivity index (χ1v) is 6.83. The minimum absolute atomic E-state index is 0.0762. The summed E-state index contributed by atoms with van der Waals surface area (Å²) in [7, 11) is 0. The van der Waals surface area contributed by atoms with Crippen LogP contribution in [0.1, 0.15) is 44.0 Å². The normalized spacial score (nSPS) is 21.2. The van der Waals surface area contributed by atoms with Crippen LogP contribution < -0.4 is 0 Å². The highest BCUT2D eigenvalue weighted by Crippen LogP contribution is 2.37. The summed E-state index contributed by atoms with van der Waals surface area (Å²) in [5, 5.41) is 29.1. The number of carboxylic acids is 1. The minimum atomic E-state index is -1.27. The summed E-state index contributed by atoms with van der Waals surface area (Å²) in [6.45, 7) is 4.80. The molecule has 120 valence electrons. The molecule has 0 aliphatic carbocycles. The molecule has 1 aromatic rings. The number of phenolic OH excluding ortho intramolecular Hbond substituents is 1. The summed E-state index contributed by atoms with van der Waals surface area (Å²) in [5.41, 5.74) is -0.220. The number of hydrogen-bond donors (Lipinski definition) is 3. The lowest BCUT2D eigenvalue weighted by atomic mass is 9.91. The number of hydrogen-bond acceptors (Lipinski definition) is 5. The van der Waals surface area contributed by atoms with Crippen LogP contribution in [0.5, 0.6) is 5.75 Å². The molecule has 3 N–H and O–H groups in total. The van der Waals surface area contributed by atoms with E-state index in [-0.39, 0.29) is 17.9 Å². The molecular weight excluding hydrogens is 290 g/mol. The molecule has 0 radical (unpaired) electrons. The average molecular weight is 309 g/mol. The first-order chi connectivity index (χ1) is 10.1. The zero-order valence-corrected chi connectivity index (χ0v) is 12.6. The molecule has 1 amide bonds. The van der Waals surface area contributed by atoms with Crippen LogP contribution in [-0.4, -0.2) is 44.4 Å². The number of β-amino-alcohol motifs (C(OH)–C–C–N with tert-alkyl or cyclic N) is 1. The van der Waals surface area contributed by atoms with Gasteiger partial charge in [-0.1, -0.05) is 6.07 Å². The predicted octanol–water partition coefficient (Wildman–Crippen LogP) is 1.80. The molecule has 0 bridgehead atoms. The van der Waals surface area contributed by atoms with E-state index in [4.69, 9.17) is 4.74 Å². The van der Waals surface area contributed by atoms with Crippen LogP contribution in [0.25, 0.3) is 0 Å². The Hall–Kier alpha value is -2.28. The van der Waals surface area contributed by atoms with Gasteiger partial charge in [-0.2, -0.15) is 0 Å². The number of aromatic hydroxyl groups is 1. The minimum Gasteiger partial charge on any atom is -0.508 e. The van der Waals surface area contributed by atoms with Crippen molar-refractivity contribution in [3.8, 4) is 5.75 Å². The van der Waals surface area contributed by atoms with E-state index >= 15 is 0 Å². The van der Waals surface area contributed by atoms with Crippen LogP contribution in [-0.2, 0) is 9.53 Å². The van der Waals surface area contributed by atoms with Gasteiger partial charge in [-0.3, -0.25) is 4.90 Å². The standard InChI is InChI=1S/C15H19NO6/c1-15(2,3)22-14(21)16-7-11(18)10-6-8(17)4-5-9(10)12(16)13(19)20/h4-6,11-12,17-18H,7H2,1-3H3,(H,19,20). The van der Waals surface area contributed by atoms with Crippen molar-refractivity contribution in [2.24, 2.45) is 0 Å². The van der Waals surface area contributed by atoms with Crippen LogP contribution in [0.15, 0.2) is 18.2 Å². The number of aliphatic carboxylic acids is 1. The van der Waals surface area contributed by atoms with Gasteiger partial charge in [0.15, 0.2) is 6.04 Å². The van der Waals surface area contributed by atoms with Gasteiger partial charge in [-0.15, -0.1) is 0 Å². The number of ether oxygens (including phenoxy) is 1. The number of rotatable bonds is 1. The van der Waals surface area contributed by atoms with Gasteiger partial charge in [0.1, 0.15) is 11.4 Å². The average Bonchev–Trinajstić information content (AvgIpc) is 2.36. The maximum Gasteiger partial charge on any atom is 0.411 e. The first-order valence-electron chi connectivity index (χ1n) is 6.83. The maximum atomic E-state index is 12.2. The molecule has 1 aliphatic rings. The van der Waals surface area contributed by atoms with Gasteiger partial charge in [-0.05, 0) is 44.0 Å². The Morgan fingerprint density at radius 1 is 1.27 bits per heavy atom. The van der Waals surface area contributed by atoms with E-state index in [0.717, 1.165) is 4.90 Å². The maximum absolute atomic E-state index is 12.2. The zero-order valence-electron chi connectivity index (χ0n) is 12.6. The number of benzene rings is 1. The van der Waals surface area contributed by atoms with Gasteiger partial charge in [0.05, 0.1) is 12.6 Å². The Morgan fingerprint density at radius 3 is 2.45 bits per heavy atom. The fraction of sp³-hybridized carbons (Fsp3) is 0.467. The van der Waals surface area contributed by atoms with Crippen molar-refractivity contribution in [1.82, 2.24) is 4.90 Å². The monoisotopic (exact) mass is 309 g/mol. The second kappa shape index (κ2) is 5.49. The van der Waals surface area contributed by atoms with E-state index in [1.807, 2.05) is 0 Å². The first kappa shape index (κ1) is 16.1. The summed E-state index contributed by atoms with van der Waals surface area (Å²) in [5.74, 6) is -1.31. The lowest BCUT2D eigenvalue weighted by Crippen LogP contribution is -2.47. The summed E-state index contributed by atoms with van der Waals surface area (Å²) >= 11 is 0. The molecule has 7 heteroatoms. The zero-order chi connectivity index (χ0) is 16.7. The van der Waals surface area contributed by atoms with Crippen LogP contribution in [0.4, 0.5) is 4.79 Å². The van der Waals surface area contributed by atoms with Crippen molar-refractivity contribution in [2.75, 3.05) is 6.54 Å². The smallest absolute Gasteiger partial charge is 0.411 e. The number of fused-ring (bicyclic) bond motifs is 1. The second-order valence-corrected chi connectivity index (χ2v) is 6.20. The van der Waals surface area contributed by atoms with Gasteiger partial charge >= 0.3 is 12.1 Å². The summed E-state index contributed by atoms with van der Waals surface area (Å²) in [6, 6.07) is 2.75. The molecular formula is C15H19NO6. The van der Waals surface area contributed by atoms with Crippen molar-refractivity contribution in [3.05, 3.63) is 29.3 Å². The number of carbonyl (C=O) groups is 2. The van der Waals surface area contributed by atoms with E-state index in [2.05, 4.69) is 0 Å². The number of carboxylic acid groups (broad SMARTS) is 1. The van der Waals surface area contributed by atoms with Crippen LogP contribution in [0.2, 0.25) is 0 Å². The van der Waals surface area contributed by atoms with Crippen molar-refractivity contribution in [3.63, 3.8) is 0 Å². The summed E-state index contributed by atoms with van der Waals surface area (Å²) in [6.07, 6.45) is -1.90. The van der Waals surface area contributed by atoms with Gasteiger partial charge < -0.3 is 20.1 Å². The van der Waals surface area contributed by atoms with Crippen LogP contribution in [0, 0.1) is 0 Å². The topological polar surface area (TPSA) is 107 Å². The number of aliphatic hydroxyl groups is 1. The Balaban J connectivity index is 2.43. The molecule has 7 nitrogen and oxygen atoms in total. The number of carbonyl (C=O) groups excluding carboxylic acids is 1. The largest absolute Gasteiger partial charge is 0.508 e. The lowest BCUT2D eigenvalue weighted by Gasteiger charge is -2.37. The number of nitrogens with zero attached hydrogens (tertiary/aromatic N) is 1. The van der Waals surface area contributed by atoms with Gasteiger partial charge in [-0.25, -0.2) is 9.59 Å². The Labute approximate surface area is 127 Å². The molecule has 2 rings (SSSR count). The molecule has 1 aliphatic heterocycles. The lowest BCUT2D eigenvalue weighted by molar-refractivity contribution is -0.144. The highest BCUT2D eigenvalue weighted by Gasteiger charge is 2.41. The third kappa shape index (κ3) is 3.14. The van der Waals surface area contributed by atoms with E-state index in [1.54, 1.807) is 20.8 Å². The van der Waals surface area contributed by atoms with E-state index in [0.29, 0.717) is 5.56 Å². The number of aliphatic hydroxyl groups excluding tert-OH is 1. The molecule has 2 atom stereocenters. The van der Waals surface area contributed by atoms with Crippen molar-refractivity contribution >= 4 is 12.1 Å². The number of phenols is 1. The Morgan fingerprint density at radius 2 is 1.91 bits per heavy atom. The fourth-order valence-corrected chi connectivity index (χ4v) is 2.42. The fourth-order valence-electron chi connectivity index (χ4n) is 2.42. The molecule has 0 saturated carbocycles. The van der Waals surface area contributed by atoms with Gasteiger partial charge in [0.25, 0.3) is 0 Å². The highest BCUT2D eigenvalue weighted by molar-refractivity contribution is 5.83. The predicted molar refractivity (Wildman–Crippen MR) is 76.4 cm³/mol. The molecule has 1 heterocycles. The third-order valence-electron chi connectivity index (χ3n) is 3.27. The molecule has 0 fully saturated rings. The molecule has 1 aromatic carbocycles. The highest BCUT2D eigenvalue weighted by atomic mass is 16.6. The van der Waals surface area contributed by atoms with Crippen molar-refractivity contribution in [2.45, 2.75) is 38.5 Å². The summed E-state index contributed by atoms with van der Waals surface area (Å²) < 4.78 is 5.21. The third-order valence-corrected chi connectivity index (χ3v) is 3.27. The summed E-state index contributed by atoms with van der Waals surface area (Å²) in [4.78, 5) is 24.8. The molecule has 0 aromatic heterocycles. The molecule has 2 unspecified atom stereocenters. The van der Waals surface area contributed by atoms with Gasteiger partial charge in [0, 0.05) is 0 Å². The molecule has 22 heavy (non-hydrogen) atoms. The van der Waals surface area contributed by atoms with E-state index in [1.165, 1.54) is 18.2 Å². The van der Waals surface area contributed by atoms with E-state index < -0.39 is 29.8 Å². The van der Waals surface area contributed by atoms with E-state index in [9.17, 15) is 24.9 Å². The Kier molecular flexibility index (Phi) is 4.02. The van der Waals surface area contributed by atoms with Gasteiger partial charge in [0.2, 0.25) is 0 Å². The van der Waals surface area contributed by atoms with Crippen LogP contribution >= 0.6 is 0 Å². The van der Waals surface area contributed by atoms with Crippen molar-refractivity contribution < 1.29 is 29.6 Å². The van der Waals surface area contributed by atoms with Crippen LogP contribution in [0.3, 0.4) is 0 Å². The molecule has 0 saturated heterocycles. The number of amides is 1.